The Morgan fingerprint density at radius 2 is 2.00 bits per heavy atom. The van der Waals surface area contributed by atoms with Gasteiger partial charge in [0.15, 0.2) is 0 Å². The van der Waals surface area contributed by atoms with Gasteiger partial charge in [-0.25, -0.2) is 4.79 Å². The zero-order chi connectivity index (χ0) is 13.4. The summed E-state index contributed by atoms with van der Waals surface area (Å²) in [5.74, 6) is 0.0457. The van der Waals surface area contributed by atoms with Crippen LogP contribution in [0.15, 0.2) is 36.4 Å². The van der Waals surface area contributed by atoms with Crippen LogP contribution < -0.4 is 4.74 Å². The normalized spacial score (nSPS) is 12.9. The lowest BCUT2D eigenvalue weighted by Gasteiger charge is -2.07. The molecule has 3 nitrogen and oxygen atoms in total. The number of ether oxygens (including phenoxy) is 1. The molecular weight excluding hydrogens is 240 g/mol. The van der Waals surface area contributed by atoms with Crippen molar-refractivity contribution in [2.45, 2.75) is 13.3 Å². The van der Waals surface area contributed by atoms with E-state index in [1.807, 2.05) is 25.1 Å². The van der Waals surface area contributed by atoms with Gasteiger partial charge in [0.25, 0.3) is 0 Å². The third-order valence-electron chi connectivity index (χ3n) is 3.35. The third-order valence-corrected chi connectivity index (χ3v) is 3.35. The number of fused-ring (bicyclic) bond motifs is 1. The lowest BCUT2D eigenvalue weighted by Crippen LogP contribution is -1.97. The van der Waals surface area contributed by atoms with Crippen molar-refractivity contribution in [3.8, 4) is 16.9 Å². The fourth-order valence-corrected chi connectivity index (χ4v) is 2.44. The summed E-state index contributed by atoms with van der Waals surface area (Å²) in [7, 11) is 0. The molecule has 0 amide bonds. The highest BCUT2D eigenvalue weighted by Crippen LogP contribution is 2.31. The molecule has 0 saturated heterocycles. The maximum absolute atomic E-state index is 11.1. The lowest BCUT2D eigenvalue weighted by atomic mass is 9.98. The number of rotatable bonds is 2. The molecule has 3 heteroatoms. The van der Waals surface area contributed by atoms with Crippen LogP contribution >= 0.6 is 0 Å². The molecule has 0 aromatic heterocycles. The van der Waals surface area contributed by atoms with Crippen LogP contribution in [-0.4, -0.2) is 17.7 Å². The molecule has 1 heterocycles. The second-order valence-corrected chi connectivity index (χ2v) is 4.81. The quantitative estimate of drug-likeness (QED) is 0.894. The Balaban J connectivity index is 2.09. The predicted octanol–water partition coefficient (Wildman–Crippen LogP) is 3.30. The second-order valence-electron chi connectivity index (χ2n) is 4.81. The molecule has 0 aliphatic carbocycles. The van der Waals surface area contributed by atoms with Gasteiger partial charge in [0.05, 0.1) is 12.2 Å². The number of aromatic carboxylic acids is 1. The molecule has 1 N–H and O–H groups in total. The number of hydrogen-bond acceptors (Lipinski definition) is 2. The Hall–Kier alpha value is -2.29. The monoisotopic (exact) mass is 254 g/mol. The zero-order valence-corrected chi connectivity index (χ0v) is 10.6. The number of carboxylic acid groups (broad SMARTS) is 1. The van der Waals surface area contributed by atoms with Crippen LogP contribution in [0.4, 0.5) is 0 Å². The Kier molecular flexibility index (Phi) is 2.75. The number of carbonyl (C=O) groups is 1. The van der Waals surface area contributed by atoms with Crippen LogP contribution in [0.1, 0.15) is 21.5 Å². The van der Waals surface area contributed by atoms with Gasteiger partial charge in [-0.1, -0.05) is 12.1 Å². The van der Waals surface area contributed by atoms with Crippen LogP contribution in [0.3, 0.4) is 0 Å². The molecule has 0 fully saturated rings. The summed E-state index contributed by atoms with van der Waals surface area (Å²) >= 11 is 0. The predicted molar refractivity (Wildman–Crippen MR) is 72.8 cm³/mol. The second kappa shape index (κ2) is 4.43. The van der Waals surface area contributed by atoms with Gasteiger partial charge in [-0.3, -0.25) is 0 Å². The average Bonchev–Trinajstić information content (AvgIpc) is 2.85. The highest BCUT2D eigenvalue weighted by molar-refractivity contribution is 5.89. The van der Waals surface area contributed by atoms with Gasteiger partial charge in [0.2, 0.25) is 0 Å². The number of aryl methyl sites for hydroxylation is 1. The first-order valence-electron chi connectivity index (χ1n) is 6.24. The molecular formula is C16H14O3. The summed E-state index contributed by atoms with van der Waals surface area (Å²) in [6.07, 6.45) is 0.917. The van der Waals surface area contributed by atoms with Gasteiger partial charge in [0, 0.05) is 6.42 Å². The van der Waals surface area contributed by atoms with E-state index < -0.39 is 5.97 Å². The molecule has 0 unspecified atom stereocenters. The summed E-state index contributed by atoms with van der Waals surface area (Å²) in [4.78, 5) is 11.1. The van der Waals surface area contributed by atoms with E-state index in [-0.39, 0.29) is 0 Å². The van der Waals surface area contributed by atoms with Crippen molar-refractivity contribution in [1.29, 1.82) is 0 Å². The van der Waals surface area contributed by atoms with Gasteiger partial charge in [0.1, 0.15) is 5.75 Å². The van der Waals surface area contributed by atoms with E-state index in [1.54, 1.807) is 12.1 Å². The summed E-state index contributed by atoms with van der Waals surface area (Å²) in [6.45, 7) is 2.64. The fraction of sp³-hybridized carbons (Fsp3) is 0.188. The summed E-state index contributed by atoms with van der Waals surface area (Å²) in [6, 6.07) is 11.4. The Morgan fingerprint density at radius 3 is 2.79 bits per heavy atom. The van der Waals surface area contributed by atoms with Gasteiger partial charge in [-0.05, 0) is 53.4 Å². The molecule has 1 aliphatic rings. The highest BCUT2D eigenvalue weighted by atomic mass is 16.5. The van der Waals surface area contributed by atoms with Crippen molar-refractivity contribution in [3.05, 3.63) is 53.1 Å². The molecule has 0 saturated carbocycles. The van der Waals surface area contributed by atoms with Crippen LogP contribution in [0, 0.1) is 6.92 Å². The Bertz CT molecular complexity index is 659. The molecule has 0 radical (unpaired) electrons. The maximum Gasteiger partial charge on any atom is 0.335 e. The minimum atomic E-state index is -0.894. The largest absolute Gasteiger partial charge is 0.493 e. The van der Waals surface area contributed by atoms with Crippen LogP contribution in [0.5, 0.6) is 5.75 Å². The number of benzene rings is 2. The van der Waals surface area contributed by atoms with Gasteiger partial charge in [-0.2, -0.15) is 0 Å². The zero-order valence-electron chi connectivity index (χ0n) is 10.6. The molecule has 0 atom stereocenters. The van der Waals surface area contributed by atoms with E-state index in [4.69, 9.17) is 9.84 Å². The van der Waals surface area contributed by atoms with Crippen LogP contribution in [0.25, 0.3) is 11.1 Å². The molecule has 0 spiro atoms. The SMILES string of the molecule is Cc1cc(C(=O)O)cc(-c2ccc3c(c2)CCO3)c1. The highest BCUT2D eigenvalue weighted by Gasteiger charge is 2.13. The summed E-state index contributed by atoms with van der Waals surface area (Å²) in [5.41, 5.74) is 4.44. The van der Waals surface area contributed by atoms with E-state index in [0.29, 0.717) is 5.56 Å². The lowest BCUT2D eigenvalue weighted by molar-refractivity contribution is 0.0697. The number of carboxylic acids is 1. The van der Waals surface area contributed by atoms with Crippen molar-refractivity contribution in [2.75, 3.05) is 6.61 Å². The Morgan fingerprint density at radius 1 is 1.16 bits per heavy atom. The van der Waals surface area contributed by atoms with Gasteiger partial charge in [-0.15, -0.1) is 0 Å². The smallest absolute Gasteiger partial charge is 0.335 e. The molecule has 2 aromatic rings. The maximum atomic E-state index is 11.1. The van der Waals surface area contributed by atoms with E-state index in [0.717, 1.165) is 35.5 Å². The van der Waals surface area contributed by atoms with E-state index in [2.05, 4.69) is 6.07 Å². The number of hydrogen-bond donors (Lipinski definition) is 1. The van der Waals surface area contributed by atoms with Crippen molar-refractivity contribution in [3.63, 3.8) is 0 Å². The minimum absolute atomic E-state index is 0.326. The van der Waals surface area contributed by atoms with Crippen molar-refractivity contribution in [2.24, 2.45) is 0 Å². The first-order valence-corrected chi connectivity index (χ1v) is 6.24. The van der Waals surface area contributed by atoms with E-state index in [9.17, 15) is 4.79 Å². The van der Waals surface area contributed by atoms with Crippen LogP contribution in [-0.2, 0) is 6.42 Å². The van der Waals surface area contributed by atoms with E-state index >= 15 is 0 Å². The Labute approximate surface area is 111 Å². The molecule has 96 valence electrons. The average molecular weight is 254 g/mol. The van der Waals surface area contributed by atoms with Crippen molar-refractivity contribution in [1.82, 2.24) is 0 Å². The molecule has 19 heavy (non-hydrogen) atoms. The van der Waals surface area contributed by atoms with Crippen molar-refractivity contribution < 1.29 is 14.6 Å². The first-order chi connectivity index (χ1) is 9.13. The third kappa shape index (κ3) is 2.19. The summed E-state index contributed by atoms with van der Waals surface area (Å²) in [5, 5.41) is 9.12. The topological polar surface area (TPSA) is 46.5 Å². The minimum Gasteiger partial charge on any atom is -0.493 e. The molecule has 2 aromatic carbocycles. The van der Waals surface area contributed by atoms with Gasteiger partial charge >= 0.3 is 5.97 Å². The van der Waals surface area contributed by atoms with E-state index in [1.165, 1.54) is 5.56 Å². The summed E-state index contributed by atoms with van der Waals surface area (Å²) < 4.78 is 5.48. The molecule has 1 aliphatic heterocycles. The standard InChI is InChI=1S/C16H14O3/c1-10-6-13(9-14(7-10)16(17)18)11-2-3-15-12(8-11)4-5-19-15/h2-3,6-9H,4-5H2,1H3,(H,17,18). The molecule has 0 bridgehead atoms. The van der Waals surface area contributed by atoms with Gasteiger partial charge < -0.3 is 9.84 Å². The fourth-order valence-electron chi connectivity index (χ4n) is 2.44. The first kappa shape index (κ1) is 11.8. The van der Waals surface area contributed by atoms with Crippen molar-refractivity contribution >= 4 is 5.97 Å². The van der Waals surface area contributed by atoms with Crippen LogP contribution in [0.2, 0.25) is 0 Å². The molecule has 3 rings (SSSR count).